The molecule has 1 aromatic carbocycles. The molecule has 1 heterocycles. The SMILES string of the molecule is CC(C)C(N[C@H](C)c1ccccc1Br)c1cccs1. The average Bonchev–Trinajstić information content (AvgIpc) is 2.89. The summed E-state index contributed by atoms with van der Waals surface area (Å²) in [6, 6.07) is 13.5. The van der Waals surface area contributed by atoms with Crippen LogP contribution in [-0.4, -0.2) is 0 Å². The van der Waals surface area contributed by atoms with E-state index in [1.54, 1.807) is 0 Å². The first-order chi connectivity index (χ1) is 9.09. The molecule has 19 heavy (non-hydrogen) atoms. The number of hydrogen-bond acceptors (Lipinski definition) is 2. The fraction of sp³-hybridized carbons (Fsp3) is 0.375. The Bertz CT molecular complexity index is 507. The van der Waals surface area contributed by atoms with Crippen LogP contribution in [0.15, 0.2) is 46.3 Å². The van der Waals surface area contributed by atoms with Crippen molar-refractivity contribution < 1.29 is 0 Å². The van der Waals surface area contributed by atoms with Crippen LogP contribution in [-0.2, 0) is 0 Å². The van der Waals surface area contributed by atoms with Crippen LogP contribution in [0.3, 0.4) is 0 Å². The summed E-state index contributed by atoms with van der Waals surface area (Å²) in [7, 11) is 0. The molecule has 2 rings (SSSR count). The van der Waals surface area contributed by atoms with Gasteiger partial charge in [0.2, 0.25) is 0 Å². The van der Waals surface area contributed by atoms with E-state index in [9.17, 15) is 0 Å². The summed E-state index contributed by atoms with van der Waals surface area (Å²) in [5.74, 6) is 0.573. The summed E-state index contributed by atoms with van der Waals surface area (Å²) in [5.41, 5.74) is 1.31. The predicted molar refractivity (Wildman–Crippen MR) is 87.6 cm³/mol. The van der Waals surface area contributed by atoms with Gasteiger partial charge in [-0.3, -0.25) is 0 Å². The maximum atomic E-state index is 3.76. The van der Waals surface area contributed by atoms with Gasteiger partial charge in [0, 0.05) is 21.4 Å². The molecule has 0 aliphatic carbocycles. The summed E-state index contributed by atoms with van der Waals surface area (Å²) < 4.78 is 1.17. The molecule has 0 saturated carbocycles. The predicted octanol–water partition coefficient (Wildman–Crippen LogP) is 5.56. The van der Waals surface area contributed by atoms with Gasteiger partial charge in [-0.1, -0.05) is 54.0 Å². The summed E-state index contributed by atoms with van der Waals surface area (Å²) in [5, 5.41) is 5.90. The van der Waals surface area contributed by atoms with Crippen LogP contribution < -0.4 is 5.32 Å². The van der Waals surface area contributed by atoms with E-state index in [0.29, 0.717) is 18.0 Å². The molecule has 1 N–H and O–H groups in total. The van der Waals surface area contributed by atoms with Crippen molar-refractivity contribution in [3.05, 3.63) is 56.7 Å². The largest absolute Gasteiger partial charge is 0.302 e. The lowest BCUT2D eigenvalue weighted by Crippen LogP contribution is -2.28. The highest BCUT2D eigenvalue weighted by Gasteiger charge is 2.20. The van der Waals surface area contributed by atoms with Crippen LogP contribution in [0.5, 0.6) is 0 Å². The van der Waals surface area contributed by atoms with Gasteiger partial charge >= 0.3 is 0 Å². The highest BCUT2D eigenvalue weighted by molar-refractivity contribution is 9.10. The molecule has 0 aliphatic rings. The molecule has 1 unspecified atom stereocenters. The van der Waals surface area contributed by atoms with E-state index in [4.69, 9.17) is 0 Å². The van der Waals surface area contributed by atoms with E-state index < -0.39 is 0 Å². The zero-order valence-electron chi connectivity index (χ0n) is 11.6. The van der Waals surface area contributed by atoms with Crippen molar-refractivity contribution in [1.82, 2.24) is 5.32 Å². The Kier molecular flexibility index (Phi) is 5.20. The van der Waals surface area contributed by atoms with Gasteiger partial charge in [0.05, 0.1) is 0 Å². The second-order valence-electron chi connectivity index (χ2n) is 5.15. The third kappa shape index (κ3) is 3.68. The first-order valence-electron chi connectivity index (χ1n) is 6.63. The zero-order chi connectivity index (χ0) is 13.8. The second-order valence-corrected chi connectivity index (χ2v) is 6.98. The minimum Gasteiger partial charge on any atom is -0.302 e. The molecule has 1 aromatic heterocycles. The van der Waals surface area contributed by atoms with Gasteiger partial charge in [-0.05, 0) is 35.9 Å². The fourth-order valence-corrected chi connectivity index (χ4v) is 3.84. The van der Waals surface area contributed by atoms with Crippen molar-refractivity contribution in [2.24, 2.45) is 5.92 Å². The van der Waals surface area contributed by atoms with E-state index in [2.05, 4.69) is 83.8 Å². The molecule has 0 fully saturated rings. The minimum absolute atomic E-state index is 0.324. The lowest BCUT2D eigenvalue weighted by atomic mass is 10.00. The van der Waals surface area contributed by atoms with Crippen LogP contribution in [0.25, 0.3) is 0 Å². The number of thiophene rings is 1. The van der Waals surface area contributed by atoms with Crippen molar-refractivity contribution in [1.29, 1.82) is 0 Å². The highest BCUT2D eigenvalue weighted by atomic mass is 79.9. The molecular formula is C16H20BrNS. The van der Waals surface area contributed by atoms with E-state index in [0.717, 1.165) is 0 Å². The van der Waals surface area contributed by atoms with Crippen LogP contribution in [0.2, 0.25) is 0 Å². The van der Waals surface area contributed by atoms with Crippen molar-refractivity contribution in [2.45, 2.75) is 32.9 Å². The van der Waals surface area contributed by atoms with Gasteiger partial charge in [0.1, 0.15) is 0 Å². The van der Waals surface area contributed by atoms with E-state index in [1.165, 1.54) is 14.9 Å². The van der Waals surface area contributed by atoms with E-state index in [1.807, 2.05) is 11.3 Å². The topological polar surface area (TPSA) is 12.0 Å². The first kappa shape index (κ1) is 14.8. The third-order valence-corrected chi connectivity index (χ3v) is 5.00. The van der Waals surface area contributed by atoms with E-state index >= 15 is 0 Å². The Labute approximate surface area is 128 Å². The molecule has 2 atom stereocenters. The molecule has 0 radical (unpaired) electrons. The normalized spacial score (nSPS) is 14.6. The maximum absolute atomic E-state index is 3.76. The van der Waals surface area contributed by atoms with Crippen molar-refractivity contribution >= 4 is 27.3 Å². The lowest BCUT2D eigenvalue weighted by molar-refractivity contribution is 0.379. The first-order valence-corrected chi connectivity index (χ1v) is 8.30. The standard InChI is InChI=1S/C16H20BrNS/c1-11(2)16(15-9-6-10-19-15)18-12(3)13-7-4-5-8-14(13)17/h4-12,16,18H,1-3H3/t12-,16?/m1/s1. The lowest BCUT2D eigenvalue weighted by Gasteiger charge is -2.26. The number of benzene rings is 1. The van der Waals surface area contributed by atoms with Crippen molar-refractivity contribution in [3.63, 3.8) is 0 Å². The fourth-order valence-electron chi connectivity index (χ4n) is 2.26. The van der Waals surface area contributed by atoms with Gasteiger partial charge in [-0.25, -0.2) is 0 Å². The third-order valence-electron chi connectivity index (χ3n) is 3.32. The molecule has 0 amide bonds. The molecule has 0 spiro atoms. The Morgan fingerprint density at radius 3 is 2.37 bits per heavy atom. The Hall–Kier alpha value is -0.640. The Morgan fingerprint density at radius 1 is 1.05 bits per heavy atom. The molecule has 0 saturated heterocycles. The molecule has 1 nitrogen and oxygen atoms in total. The van der Waals surface area contributed by atoms with E-state index in [-0.39, 0.29) is 0 Å². The Balaban J connectivity index is 2.16. The molecular weight excluding hydrogens is 318 g/mol. The van der Waals surface area contributed by atoms with Crippen LogP contribution in [0.4, 0.5) is 0 Å². The van der Waals surface area contributed by atoms with Crippen LogP contribution in [0, 0.1) is 5.92 Å². The van der Waals surface area contributed by atoms with Gasteiger partial charge in [-0.2, -0.15) is 0 Å². The molecule has 3 heteroatoms. The van der Waals surface area contributed by atoms with Gasteiger partial charge in [-0.15, -0.1) is 11.3 Å². The molecule has 2 aromatic rings. The number of halogens is 1. The maximum Gasteiger partial charge on any atom is 0.0442 e. The molecule has 0 bridgehead atoms. The smallest absolute Gasteiger partial charge is 0.0442 e. The average molecular weight is 338 g/mol. The quantitative estimate of drug-likeness (QED) is 0.753. The minimum atomic E-state index is 0.324. The van der Waals surface area contributed by atoms with Crippen molar-refractivity contribution in [3.8, 4) is 0 Å². The highest BCUT2D eigenvalue weighted by Crippen LogP contribution is 2.30. The number of nitrogens with one attached hydrogen (secondary N) is 1. The number of rotatable bonds is 5. The van der Waals surface area contributed by atoms with Gasteiger partial charge in [0.15, 0.2) is 0 Å². The van der Waals surface area contributed by atoms with Crippen LogP contribution >= 0.6 is 27.3 Å². The number of hydrogen-bond donors (Lipinski definition) is 1. The summed E-state index contributed by atoms with van der Waals surface area (Å²) in [4.78, 5) is 1.41. The van der Waals surface area contributed by atoms with Crippen molar-refractivity contribution in [2.75, 3.05) is 0 Å². The zero-order valence-corrected chi connectivity index (χ0v) is 14.0. The van der Waals surface area contributed by atoms with Crippen LogP contribution in [0.1, 0.15) is 43.3 Å². The van der Waals surface area contributed by atoms with Gasteiger partial charge in [0.25, 0.3) is 0 Å². The van der Waals surface area contributed by atoms with Gasteiger partial charge < -0.3 is 5.32 Å². The summed E-state index contributed by atoms with van der Waals surface area (Å²) in [6.45, 7) is 6.76. The molecule has 102 valence electrons. The molecule has 0 aliphatic heterocycles. The summed E-state index contributed by atoms with van der Waals surface area (Å²) in [6.07, 6.45) is 0. The summed E-state index contributed by atoms with van der Waals surface area (Å²) >= 11 is 5.46. The Morgan fingerprint density at radius 2 is 1.79 bits per heavy atom. The second kappa shape index (κ2) is 6.69. The monoisotopic (exact) mass is 337 g/mol.